The van der Waals surface area contributed by atoms with Crippen molar-refractivity contribution in [3.63, 3.8) is 0 Å². The average molecular weight is 247 g/mol. The lowest BCUT2D eigenvalue weighted by molar-refractivity contribution is 0.457. The molecule has 4 heteroatoms. The monoisotopic (exact) mass is 247 g/mol. The van der Waals surface area contributed by atoms with Crippen LogP contribution in [0.5, 0.6) is 0 Å². The molecule has 0 radical (unpaired) electrons. The SMILES string of the molecule is CC(C)S(=O)(=O)CCNC1C(C)(C)C1(C)C. The minimum absolute atomic E-state index is 0.243. The van der Waals surface area contributed by atoms with Crippen molar-refractivity contribution >= 4 is 9.84 Å². The van der Waals surface area contributed by atoms with E-state index in [1.165, 1.54) is 0 Å². The molecule has 0 heterocycles. The highest BCUT2D eigenvalue weighted by molar-refractivity contribution is 7.92. The number of nitrogens with one attached hydrogen (secondary N) is 1. The van der Waals surface area contributed by atoms with Gasteiger partial charge in [-0.25, -0.2) is 8.42 Å². The van der Waals surface area contributed by atoms with E-state index in [0.717, 1.165) is 0 Å². The first-order valence-corrected chi connectivity index (χ1v) is 7.70. The molecule has 1 N–H and O–H groups in total. The number of hydrogen-bond donors (Lipinski definition) is 1. The Labute approximate surface area is 99.9 Å². The first-order valence-electron chi connectivity index (χ1n) is 5.98. The molecule has 0 aromatic carbocycles. The molecule has 96 valence electrons. The van der Waals surface area contributed by atoms with Crippen molar-refractivity contribution < 1.29 is 8.42 Å². The van der Waals surface area contributed by atoms with Gasteiger partial charge in [0.15, 0.2) is 9.84 Å². The predicted molar refractivity (Wildman–Crippen MR) is 68.3 cm³/mol. The van der Waals surface area contributed by atoms with Crippen LogP contribution >= 0.6 is 0 Å². The molecular formula is C12H25NO2S. The first kappa shape index (κ1) is 14.0. The highest BCUT2D eigenvalue weighted by Gasteiger charge is 2.64. The first-order chi connectivity index (χ1) is 7.03. The maximum Gasteiger partial charge on any atom is 0.153 e. The molecule has 0 unspecified atom stereocenters. The maximum atomic E-state index is 11.6. The molecule has 0 bridgehead atoms. The van der Waals surface area contributed by atoms with E-state index < -0.39 is 9.84 Å². The van der Waals surface area contributed by atoms with Gasteiger partial charge in [0.2, 0.25) is 0 Å². The van der Waals surface area contributed by atoms with Gasteiger partial charge in [0.25, 0.3) is 0 Å². The molecule has 0 amide bonds. The lowest BCUT2D eigenvalue weighted by Gasteiger charge is -2.09. The quantitative estimate of drug-likeness (QED) is 0.806. The highest BCUT2D eigenvalue weighted by atomic mass is 32.2. The van der Waals surface area contributed by atoms with Crippen LogP contribution in [0.25, 0.3) is 0 Å². The summed E-state index contributed by atoms with van der Waals surface area (Å²) in [5.74, 6) is 0.243. The van der Waals surface area contributed by atoms with E-state index in [0.29, 0.717) is 12.6 Å². The van der Waals surface area contributed by atoms with Crippen molar-refractivity contribution in [1.29, 1.82) is 0 Å². The molecule has 3 nitrogen and oxygen atoms in total. The van der Waals surface area contributed by atoms with Gasteiger partial charge in [-0.1, -0.05) is 27.7 Å². The van der Waals surface area contributed by atoms with E-state index >= 15 is 0 Å². The Morgan fingerprint density at radius 3 is 1.88 bits per heavy atom. The molecule has 1 fully saturated rings. The molecule has 16 heavy (non-hydrogen) atoms. The number of hydrogen-bond acceptors (Lipinski definition) is 3. The van der Waals surface area contributed by atoms with Crippen LogP contribution in [0.1, 0.15) is 41.5 Å². The molecule has 0 spiro atoms. The van der Waals surface area contributed by atoms with Gasteiger partial charge in [0.1, 0.15) is 0 Å². The summed E-state index contributed by atoms with van der Waals surface area (Å²) < 4.78 is 23.2. The van der Waals surface area contributed by atoms with Gasteiger partial charge >= 0.3 is 0 Å². The second kappa shape index (κ2) is 3.98. The molecule has 0 saturated heterocycles. The van der Waals surface area contributed by atoms with Crippen LogP contribution in [-0.4, -0.2) is 32.0 Å². The molecule has 0 aromatic rings. The minimum atomic E-state index is -2.90. The Balaban J connectivity index is 2.40. The molecule has 1 saturated carbocycles. The lowest BCUT2D eigenvalue weighted by Crippen LogP contribution is -2.31. The molecular weight excluding hydrogens is 222 g/mol. The zero-order chi connectivity index (χ0) is 12.8. The normalized spacial score (nSPS) is 23.7. The van der Waals surface area contributed by atoms with Crippen molar-refractivity contribution in [3.05, 3.63) is 0 Å². The lowest BCUT2D eigenvalue weighted by atomic mass is 10.0. The number of rotatable bonds is 5. The fourth-order valence-corrected chi connectivity index (χ4v) is 3.16. The summed E-state index contributed by atoms with van der Waals surface area (Å²) in [5, 5.41) is 3.10. The van der Waals surface area contributed by atoms with Gasteiger partial charge in [0, 0.05) is 12.6 Å². The fourth-order valence-electron chi connectivity index (χ4n) is 2.29. The van der Waals surface area contributed by atoms with Crippen molar-refractivity contribution in [2.45, 2.75) is 52.8 Å². The van der Waals surface area contributed by atoms with E-state index in [2.05, 4.69) is 33.0 Å². The van der Waals surface area contributed by atoms with E-state index in [-0.39, 0.29) is 21.8 Å². The molecule has 1 aliphatic rings. The van der Waals surface area contributed by atoms with Crippen molar-refractivity contribution in [3.8, 4) is 0 Å². The molecule has 0 atom stereocenters. The second-order valence-corrected chi connectivity index (χ2v) is 8.92. The average Bonchev–Trinajstić information content (AvgIpc) is 2.47. The van der Waals surface area contributed by atoms with Gasteiger partial charge in [-0.05, 0) is 24.7 Å². The summed E-state index contributed by atoms with van der Waals surface area (Å²) in [6.45, 7) is 12.9. The van der Waals surface area contributed by atoms with Crippen LogP contribution in [0, 0.1) is 10.8 Å². The fraction of sp³-hybridized carbons (Fsp3) is 1.00. The molecule has 1 aliphatic carbocycles. The van der Waals surface area contributed by atoms with Crippen LogP contribution in [0.15, 0.2) is 0 Å². The zero-order valence-corrected chi connectivity index (χ0v) is 12.1. The van der Waals surface area contributed by atoms with E-state index in [9.17, 15) is 8.42 Å². The third-order valence-corrected chi connectivity index (χ3v) is 6.68. The highest BCUT2D eigenvalue weighted by Crippen LogP contribution is 2.62. The van der Waals surface area contributed by atoms with Crippen molar-refractivity contribution in [2.75, 3.05) is 12.3 Å². The smallest absolute Gasteiger partial charge is 0.153 e. The van der Waals surface area contributed by atoms with Gasteiger partial charge in [-0.3, -0.25) is 0 Å². The largest absolute Gasteiger partial charge is 0.312 e. The Morgan fingerprint density at radius 2 is 1.56 bits per heavy atom. The summed E-state index contributed by atoms with van der Waals surface area (Å²) in [6.07, 6.45) is 0. The Bertz CT molecular complexity index is 341. The van der Waals surface area contributed by atoms with E-state index in [4.69, 9.17) is 0 Å². The Kier molecular flexibility index (Phi) is 3.48. The van der Waals surface area contributed by atoms with Gasteiger partial charge in [-0.2, -0.15) is 0 Å². The maximum absolute atomic E-state index is 11.6. The minimum Gasteiger partial charge on any atom is -0.312 e. The van der Waals surface area contributed by atoms with Crippen molar-refractivity contribution in [2.24, 2.45) is 10.8 Å². The topological polar surface area (TPSA) is 46.2 Å². The van der Waals surface area contributed by atoms with Crippen LogP contribution in [-0.2, 0) is 9.84 Å². The summed E-state index contributed by atoms with van der Waals surface area (Å²) in [4.78, 5) is 0. The van der Waals surface area contributed by atoms with Crippen molar-refractivity contribution in [1.82, 2.24) is 5.32 Å². The van der Waals surface area contributed by atoms with Gasteiger partial charge < -0.3 is 5.32 Å². The molecule has 0 aliphatic heterocycles. The third-order valence-electron chi connectivity index (χ3n) is 4.47. The summed E-state index contributed by atoms with van der Waals surface area (Å²) in [7, 11) is -2.90. The van der Waals surface area contributed by atoms with Crippen LogP contribution < -0.4 is 5.32 Å². The zero-order valence-electron chi connectivity index (χ0n) is 11.3. The molecule has 0 aromatic heterocycles. The van der Waals surface area contributed by atoms with E-state index in [1.54, 1.807) is 13.8 Å². The van der Waals surface area contributed by atoms with Crippen LogP contribution in [0.3, 0.4) is 0 Å². The Hall–Kier alpha value is -0.0900. The Morgan fingerprint density at radius 1 is 1.12 bits per heavy atom. The predicted octanol–water partition coefficient (Wildman–Crippen LogP) is 1.83. The molecule has 1 rings (SSSR count). The summed E-state index contributed by atoms with van der Waals surface area (Å²) in [5.41, 5.74) is 0.545. The third kappa shape index (κ3) is 2.28. The summed E-state index contributed by atoms with van der Waals surface area (Å²) in [6, 6.07) is 0.433. The van der Waals surface area contributed by atoms with Gasteiger partial charge in [0.05, 0.1) is 11.0 Å². The summed E-state index contributed by atoms with van der Waals surface area (Å²) >= 11 is 0. The van der Waals surface area contributed by atoms with E-state index in [1.807, 2.05) is 0 Å². The number of sulfone groups is 1. The second-order valence-electron chi connectivity index (χ2n) is 6.25. The van der Waals surface area contributed by atoms with Crippen LogP contribution in [0.2, 0.25) is 0 Å². The van der Waals surface area contributed by atoms with Gasteiger partial charge in [-0.15, -0.1) is 0 Å². The van der Waals surface area contributed by atoms with Crippen LogP contribution in [0.4, 0.5) is 0 Å². The standard InChI is InChI=1S/C12H25NO2S/c1-9(2)16(14,15)8-7-13-10-11(3,4)12(10,5)6/h9-10,13H,7-8H2,1-6H3.